The maximum Gasteiger partial charge on any atom is 0.408 e. The summed E-state index contributed by atoms with van der Waals surface area (Å²) in [5.41, 5.74) is 6.11. The van der Waals surface area contributed by atoms with E-state index in [-0.39, 0.29) is 39.0 Å². The van der Waals surface area contributed by atoms with Crippen molar-refractivity contribution in [1.29, 1.82) is 0 Å². The molecule has 2 unspecified atom stereocenters. The van der Waals surface area contributed by atoms with Crippen LogP contribution in [0.5, 0.6) is 0 Å². The number of aryl methyl sites for hydroxylation is 1. The summed E-state index contributed by atoms with van der Waals surface area (Å²) in [4.78, 5) is 65.5. The predicted molar refractivity (Wildman–Crippen MR) is 160 cm³/mol. The van der Waals surface area contributed by atoms with E-state index in [9.17, 15) is 24.0 Å². The molecule has 42 heavy (non-hydrogen) atoms. The highest BCUT2D eigenvalue weighted by Crippen LogP contribution is 2.25. The van der Waals surface area contributed by atoms with Gasteiger partial charge in [-0.3, -0.25) is 19.2 Å². The number of carbonyl (C=O) groups is 5. The molecule has 1 aromatic carbocycles. The average Bonchev–Trinajstić information content (AvgIpc) is 2.89. The Balaban J connectivity index is 3.44. The lowest BCUT2D eigenvalue weighted by Gasteiger charge is -2.34. The van der Waals surface area contributed by atoms with Crippen LogP contribution in [-0.4, -0.2) is 66.0 Å². The van der Waals surface area contributed by atoms with E-state index < -0.39 is 47.5 Å². The van der Waals surface area contributed by atoms with Crippen LogP contribution >= 0.6 is 0 Å². The minimum absolute atomic E-state index is 0.0212. The summed E-state index contributed by atoms with van der Waals surface area (Å²) in [6.45, 7) is 11.3. The molecule has 4 N–H and O–H groups in total. The summed E-state index contributed by atoms with van der Waals surface area (Å²) in [5, 5.41) is 5.37. The second-order valence-corrected chi connectivity index (χ2v) is 11.3. The van der Waals surface area contributed by atoms with Gasteiger partial charge in [0.05, 0.1) is 13.0 Å². The largest absolute Gasteiger partial charge is 0.466 e. The van der Waals surface area contributed by atoms with Gasteiger partial charge in [0.25, 0.3) is 0 Å². The molecular formula is C31H50N4O7. The second-order valence-electron chi connectivity index (χ2n) is 11.3. The van der Waals surface area contributed by atoms with E-state index in [1.165, 1.54) is 4.90 Å². The van der Waals surface area contributed by atoms with Gasteiger partial charge < -0.3 is 30.7 Å². The van der Waals surface area contributed by atoms with Crippen molar-refractivity contribution in [1.82, 2.24) is 15.5 Å². The Morgan fingerprint density at radius 1 is 0.952 bits per heavy atom. The summed E-state index contributed by atoms with van der Waals surface area (Å²) < 4.78 is 10.3. The highest BCUT2D eigenvalue weighted by atomic mass is 16.6. The zero-order chi connectivity index (χ0) is 31.7. The molecule has 236 valence electrons. The summed E-state index contributed by atoms with van der Waals surface area (Å²) in [6.07, 6.45) is 3.47. The Morgan fingerprint density at radius 2 is 1.60 bits per heavy atom. The topological polar surface area (TPSA) is 157 Å². The Labute approximate surface area is 250 Å². The maximum atomic E-state index is 14.2. The highest BCUT2D eigenvalue weighted by molar-refractivity contribution is 5.92. The van der Waals surface area contributed by atoms with E-state index in [0.29, 0.717) is 12.0 Å². The molecule has 1 aromatic rings. The fraction of sp³-hybridized carbons (Fsp3) is 0.645. The molecule has 11 nitrogen and oxygen atoms in total. The van der Waals surface area contributed by atoms with E-state index in [0.717, 1.165) is 31.2 Å². The first-order valence-corrected chi connectivity index (χ1v) is 14.9. The van der Waals surface area contributed by atoms with Gasteiger partial charge in [0, 0.05) is 19.5 Å². The standard InChI is InChI=1S/C31H50N4O7/c1-7-9-10-11-12-21-35(29(39)24(17-18-25(32)36)34-30(40)42-31(4,5)6)27(23-15-13-22(3)14-16-23)28(38)33-20-19-26(37)41-8-2/h13-16,24,27H,7-12,17-21H2,1-6H3,(H2,32,36)(H,33,38)(H,34,40). The smallest absolute Gasteiger partial charge is 0.408 e. The number of alkyl carbamates (subject to hydrolysis) is 1. The van der Waals surface area contributed by atoms with Crippen molar-refractivity contribution in [3.8, 4) is 0 Å². The van der Waals surface area contributed by atoms with Gasteiger partial charge in [0.1, 0.15) is 17.7 Å². The van der Waals surface area contributed by atoms with Gasteiger partial charge in [-0.1, -0.05) is 62.4 Å². The molecule has 0 saturated carbocycles. The first kappa shape index (κ1) is 36.4. The minimum Gasteiger partial charge on any atom is -0.466 e. The number of esters is 1. The zero-order valence-corrected chi connectivity index (χ0v) is 26.1. The molecule has 2 atom stereocenters. The molecule has 0 aliphatic heterocycles. The molecule has 0 radical (unpaired) electrons. The monoisotopic (exact) mass is 590 g/mol. The van der Waals surface area contributed by atoms with Crippen molar-refractivity contribution in [2.24, 2.45) is 5.73 Å². The van der Waals surface area contributed by atoms with Crippen LogP contribution in [0, 0.1) is 6.92 Å². The number of rotatable bonds is 18. The van der Waals surface area contributed by atoms with Crippen molar-refractivity contribution < 1.29 is 33.4 Å². The molecule has 4 amide bonds. The SMILES string of the molecule is CCCCCCCN(C(=O)C(CCC(N)=O)NC(=O)OC(C)(C)C)C(C(=O)NCCC(=O)OCC)c1ccc(C)cc1. The Bertz CT molecular complexity index is 1020. The molecular weight excluding hydrogens is 540 g/mol. The molecule has 11 heteroatoms. The predicted octanol–water partition coefficient (Wildman–Crippen LogP) is 4.06. The van der Waals surface area contributed by atoms with Crippen LogP contribution in [0.1, 0.15) is 103 Å². The van der Waals surface area contributed by atoms with Gasteiger partial charge in [-0.05, 0) is 53.0 Å². The van der Waals surface area contributed by atoms with Crippen molar-refractivity contribution in [3.05, 3.63) is 35.4 Å². The number of nitrogens with two attached hydrogens (primary N) is 1. The molecule has 0 aliphatic rings. The summed E-state index contributed by atoms with van der Waals surface area (Å²) in [7, 11) is 0. The normalized spacial score (nSPS) is 12.5. The third-order valence-corrected chi connectivity index (χ3v) is 6.34. The maximum absolute atomic E-state index is 14.2. The summed E-state index contributed by atoms with van der Waals surface area (Å²) >= 11 is 0. The van der Waals surface area contributed by atoms with Crippen molar-refractivity contribution in [2.75, 3.05) is 19.7 Å². The van der Waals surface area contributed by atoms with Crippen LogP contribution in [0.2, 0.25) is 0 Å². The van der Waals surface area contributed by atoms with Gasteiger partial charge in [0.15, 0.2) is 0 Å². The molecule has 0 fully saturated rings. The van der Waals surface area contributed by atoms with Crippen molar-refractivity contribution in [3.63, 3.8) is 0 Å². The summed E-state index contributed by atoms with van der Waals surface area (Å²) in [6, 6.07) is 5.04. The molecule has 0 aromatic heterocycles. The first-order chi connectivity index (χ1) is 19.8. The van der Waals surface area contributed by atoms with E-state index in [1.807, 2.05) is 19.1 Å². The number of nitrogens with zero attached hydrogens (tertiary/aromatic N) is 1. The number of amides is 4. The molecule has 0 heterocycles. The van der Waals surface area contributed by atoms with Gasteiger partial charge in [0.2, 0.25) is 17.7 Å². The van der Waals surface area contributed by atoms with Gasteiger partial charge in [-0.15, -0.1) is 0 Å². The number of nitrogens with one attached hydrogen (secondary N) is 2. The van der Waals surface area contributed by atoms with E-state index >= 15 is 0 Å². The molecule has 1 rings (SSSR count). The Hall–Kier alpha value is -3.63. The lowest BCUT2D eigenvalue weighted by molar-refractivity contribution is -0.144. The minimum atomic E-state index is -1.16. The molecule has 0 bridgehead atoms. The highest BCUT2D eigenvalue weighted by Gasteiger charge is 2.36. The Kier molecular flexibility index (Phi) is 16.2. The third-order valence-electron chi connectivity index (χ3n) is 6.34. The van der Waals surface area contributed by atoms with Crippen molar-refractivity contribution in [2.45, 2.75) is 111 Å². The van der Waals surface area contributed by atoms with Crippen LogP contribution in [-0.2, 0) is 28.7 Å². The lowest BCUT2D eigenvalue weighted by atomic mass is 9.99. The van der Waals surface area contributed by atoms with Crippen LogP contribution in [0.15, 0.2) is 24.3 Å². The van der Waals surface area contributed by atoms with Crippen LogP contribution in [0.3, 0.4) is 0 Å². The molecule has 0 saturated heterocycles. The number of ether oxygens (including phenoxy) is 2. The van der Waals surface area contributed by atoms with E-state index in [4.69, 9.17) is 15.2 Å². The number of hydrogen-bond donors (Lipinski definition) is 3. The Morgan fingerprint density at radius 3 is 2.17 bits per heavy atom. The lowest BCUT2D eigenvalue weighted by Crippen LogP contribution is -2.53. The fourth-order valence-electron chi connectivity index (χ4n) is 4.29. The number of carbonyl (C=O) groups excluding carboxylic acids is 5. The van der Waals surface area contributed by atoms with Gasteiger partial charge >= 0.3 is 12.1 Å². The van der Waals surface area contributed by atoms with Crippen LogP contribution in [0.25, 0.3) is 0 Å². The first-order valence-electron chi connectivity index (χ1n) is 14.9. The zero-order valence-electron chi connectivity index (χ0n) is 26.1. The number of primary amides is 1. The van der Waals surface area contributed by atoms with E-state index in [1.54, 1.807) is 39.8 Å². The quantitative estimate of drug-likeness (QED) is 0.172. The van der Waals surface area contributed by atoms with Gasteiger partial charge in [-0.25, -0.2) is 4.79 Å². The molecule has 0 spiro atoms. The summed E-state index contributed by atoms with van der Waals surface area (Å²) in [5.74, 6) is -2.09. The van der Waals surface area contributed by atoms with Crippen LogP contribution in [0.4, 0.5) is 4.79 Å². The number of benzene rings is 1. The number of unbranched alkanes of at least 4 members (excludes halogenated alkanes) is 4. The van der Waals surface area contributed by atoms with Crippen molar-refractivity contribution >= 4 is 29.8 Å². The number of hydrogen-bond acceptors (Lipinski definition) is 7. The average molecular weight is 591 g/mol. The van der Waals surface area contributed by atoms with Crippen LogP contribution < -0.4 is 16.4 Å². The second kappa shape index (κ2) is 18.7. The molecule has 0 aliphatic carbocycles. The van der Waals surface area contributed by atoms with Gasteiger partial charge in [-0.2, -0.15) is 0 Å². The third kappa shape index (κ3) is 14.3. The van der Waals surface area contributed by atoms with E-state index in [2.05, 4.69) is 17.6 Å². The fourth-order valence-corrected chi connectivity index (χ4v) is 4.29.